The van der Waals surface area contributed by atoms with Crippen LogP contribution >= 0.6 is 11.8 Å². The number of thioether (sulfide) groups is 1. The Balaban J connectivity index is 1.81. The maximum Gasteiger partial charge on any atom is 0.239 e. The van der Waals surface area contributed by atoms with E-state index in [0.29, 0.717) is 5.89 Å². The van der Waals surface area contributed by atoms with E-state index < -0.39 is 0 Å². The Morgan fingerprint density at radius 2 is 2.18 bits per heavy atom. The molecule has 3 rings (SSSR count). The molecule has 0 aliphatic rings. The van der Waals surface area contributed by atoms with Crippen LogP contribution in [0.25, 0.3) is 11.4 Å². The molecule has 0 saturated carbocycles. The van der Waals surface area contributed by atoms with E-state index in [1.54, 1.807) is 6.26 Å². The van der Waals surface area contributed by atoms with Crippen LogP contribution in [0.4, 0.5) is 0 Å². The molecule has 0 radical (unpaired) electrons. The topological polar surface area (TPSA) is 82.8 Å². The minimum absolute atomic E-state index is 0.00833. The van der Waals surface area contributed by atoms with Gasteiger partial charge in [0.2, 0.25) is 5.89 Å². The van der Waals surface area contributed by atoms with Crippen LogP contribution in [0.5, 0.6) is 0 Å². The molecule has 0 fully saturated rings. The third-order valence-corrected chi connectivity index (χ3v) is 4.49. The number of hydrogen-bond donors (Lipinski definition) is 0. The molecule has 0 amide bonds. The molecule has 1 atom stereocenters. The third kappa shape index (κ3) is 2.66. The molecule has 0 aromatic carbocycles. The van der Waals surface area contributed by atoms with Crippen molar-refractivity contribution in [3.63, 3.8) is 0 Å². The minimum atomic E-state index is 0.00833. The van der Waals surface area contributed by atoms with Gasteiger partial charge < -0.3 is 13.5 Å². The molecule has 1 unspecified atom stereocenters. The van der Waals surface area contributed by atoms with Gasteiger partial charge >= 0.3 is 0 Å². The molecule has 3 aromatic rings. The largest absolute Gasteiger partial charge is 0.469 e. The number of nitrogens with zero attached hydrogens (tertiary/aromatic N) is 5. The third-order valence-electron chi connectivity index (χ3n) is 3.36. The summed E-state index contributed by atoms with van der Waals surface area (Å²) >= 11 is 1.53. The Labute approximate surface area is 132 Å². The number of aromatic nitrogens is 5. The van der Waals surface area contributed by atoms with E-state index >= 15 is 0 Å². The van der Waals surface area contributed by atoms with Crippen LogP contribution in [0, 0.1) is 6.92 Å². The van der Waals surface area contributed by atoms with Gasteiger partial charge in [0, 0.05) is 13.5 Å². The van der Waals surface area contributed by atoms with Crippen molar-refractivity contribution in [2.45, 2.75) is 37.6 Å². The van der Waals surface area contributed by atoms with Gasteiger partial charge in [-0.25, -0.2) is 0 Å². The lowest BCUT2D eigenvalue weighted by Crippen LogP contribution is -1.97. The first-order valence-corrected chi connectivity index (χ1v) is 7.91. The summed E-state index contributed by atoms with van der Waals surface area (Å²) in [6.07, 6.45) is 2.41. The number of hydrogen-bond acceptors (Lipinski definition) is 7. The molecule has 22 heavy (non-hydrogen) atoms. The van der Waals surface area contributed by atoms with Crippen LogP contribution < -0.4 is 0 Å². The summed E-state index contributed by atoms with van der Waals surface area (Å²) in [5.74, 6) is 2.92. The van der Waals surface area contributed by atoms with Gasteiger partial charge in [-0.1, -0.05) is 23.8 Å². The van der Waals surface area contributed by atoms with Gasteiger partial charge in [-0.05, 0) is 19.9 Å². The summed E-state index contributed by atoms with van der Waals surface area (Å²) in [5, 5.41) is 13.2. The van der Waals surface area contributed by atoms with Gasteiger partial charge in [-0.15, -0.1) is 10.2 Å². The van der Waals surface area contributed by atoms with Crippen molar-refractivity contribution in [3.05, 3.63) is 29.8 Å². The Morgan fingerprint density at radius 1 is 1.36 bits per heavy atom. The maximum atomic E-state index is 5.33. The molecule has 116 valence electrons. The van der Waals surface area contributed by atoms with Gasteiger partial charge in [0.1, 0.15) is 5.76 Å². The fourth-order valence-electron chi connectivity index (χ4n) is 2.05. The monoisotopic (exact) mass is 319 g/mol. The zero-order chi connectivity index (χ0) is 15.7. The molecule has 7 nitrogen and oxygen atoms in total. The predicted octanol–water partition coefficient (Wildman–Crippen LogP) is 3.18. The molecule has 3 heterocycles. The van der Waals surface area contributed by atoms with Gasteiger partial charge in [0.05, 0.1) is 17.1 Å². The van der Waals surface area contributed by atoms with Crippen molar-refractivity contribution < 1.29 is 8.94 Å². The highest BCUT2D eigenvalue weighted by atomic mass is 32.2. The van der Waals surface area contributed by atoms with E-state index in [9.17, 15) is 0 Å². The fourth-order valence-corrected chi connectivity index (χ4v) is 2.90. The lowest BCUT2D eigenvalue weighted by molar-refractivity contribution is 0.375. The summed E-state index contributed by atoms with van der Waals surface area (Å²) in [6, 6.07) is 1.89. The molecule has 0 spiro atoms. The van der Waals surface area contributed by atoms with Crippen LogP contribution in [-0.2, 0) is 13.5 Å². The van der Waals surface area contributed by atoms with Crippen LogP contribution in [-0.4, -0.2) is 24.9 Å². The van der Waals surface area contributed by atoms with Crippen molar-refractivity contribution in [1.82, 2.24) is 24.9 Å². The highest BCUT2D eigenvalue weighted by Crippen LogP contribution is 2.34. The first kappa shape index (κ1) is 14.8. The van der Waals surface area contributed by atoms with Crippen molar-refractivity contribution in [1.29, 1.82) is 0 Å². The average molecular weight is 319 g/mol. The van der Waals surface area contributed by atoms with Gasteiger partial charge in [-0.3, -0.25) is 0 Å². The lowest BCUT2D eigenvalue weighted by Gasteiger charge is -2.06. The standard InChI is InChI=1S/C14H17N5O2S/c1-5-11-15-13(21-18-11)9(3)22-14-17-16-12(19(14)4)10-6-7-20-8(10)2/h6-7,9H,5H2,1-4H3. The molecule has 0 N–H and O–H groups in total. The summed E-state index contributed by atoms with van der Waals surface area (Å²) in [4.78, 5) is 4.35. The number of aryl methyl sites for hydroxylation is 2. The van der Waals surface area contributed by atoms with Gasteiger partial charge in [0.25, 0.3) is 0 Å². The van der Waals surface area contributed by atoms with Crippen molar-refractivity contribution in [2.24, 2.45) is 7.05 Å². The minimum Gasteiger partial charge on any atom is -0.469 e. The molecular weight excluding hydrogens is 302 g/mol. The lowest BCUT2D eigenvalue weighted by atomic mass is 10.2. The molecular formula is C14H17N5O2S. The van der Waals surface area contributed by atoms with E-state index in [-0.39, 0.29) is 5.25 Å². The number of furan rings is 1. The van der Waals surface area contributed by atoms with Crippen molar-refractivity contribution in [2.75, 3.05) is 0 Å². The normalized spacial score (nSPS) is 12.7. The Kier molecular flexibility index (Phi) is 4.02. The smallest absolute Gasteiger partial charge is 0.239 e. The predicted molar refractivity (Wildman–Crippen MR) is 81.4 cm³/mol. The summed E-state index contributed by atoms with van der Waals surface area (Å²) in [5.41, 5.74) is 0.945. The quantitative estimate of drug-likeness (QED) is 0.668. The molecule has 0 aliphatic carbocycles. The second kappa shape index (κ2) is 5.96. The van der Waals surface area contributed by atoms with Crippen LogP contribution in [0.1, 0.15) is 36.6 Å². The SMILES string of the molecule is CCc1noc(C(C)Sc2nnc(-c3ccoc3C)n2C)n1. The van der Waals surface area contributed by atoms with E-state index in [2.05, 4.69) is 20.3 Å². The van der Waals surface area contributed by atoms with Gasteiger partial charge in [-0.2, -0.15) is 4.98 Å². The second-order valence-corrected chi connectivity index (χ2v) is 6.23. The highest BCUT2D eigenvalue weighted by molar-refractivity contribution is 7.99. The second-order valence-electron chi connectivity index (χ2n) is 4.92. The molecule has 8 heteroatoms. The molecule has 0 saturated heterocycles. The molecule has 3 aromatic heterocycles. The maximum absolute atomic E-state index is 5.33. The van der Waals surface area contributed by atoms with E-state index in [1.165, 1.54) is 11.8 Å². The molecule has 0 aliphatic heterocycles. The summed E-state index contributed by atoms with van der Waals surface area (Å²) in [7, 11) is 1.93. The zero-order valence-electron chi connectivity index (χ0n) is 12.9. The van der Waals surface area contributed by atoms with Crippen LogP contribution in [0.2, 0.25) is 0 Å². The average Bonchev–Trinajstić information content (AvgIpc) is 3.21. The first-order chi connectivity index (χ1) is 10.6. The summed E-state index contributed by atoms with van der Waals surface area (Å²) < 4.78 is 12.5. The fraction of sp³-hybridized carbons (Fsp3) is 0.429. The summed E-state index contributed by atoms with van der Waals surface area (Å²) in [6.45, 7) is 5.91. The first-order valence-electron chi connectivity index (χ1n) is 7.03. The zero-order valence-corrected chi connectivity index (χ0v) is 13.7. The highest BCUT2D eigenvalue weighted by Gasteiger charge is 2.20. The van der Waals surface area contributed by atoms with Crippen molar-refractivity contribution in [3.8, 4) is 11.4 Å². The van der Waals surface area contributed by atoms with Gasteiger partial charge in [0.15, 0.2) is 16.8 Å². The van der Waals surface area contributed by atoms with Crippen LogP contribution in [0.15, 0.2) is 26.4 Å². The Morgan fingerprint density at radius 3 is 2.82 bits per heavy atom. The van der Waals surface area contributed by atoms with Crippen LogP contribution in [0.3, 0.4) is 0 Å². The Hall–Kier alpha value is -2.09. The van der Waals surface area contributed by atoms with Crippen molar-refractivity contribution >= 4 is 11.8 Å². The van der Waals surface area contributed by atoms with E-state index in [0.717, 1.165) is 34.5 Å². The Bertz CT molecular complexity index is 776. The number of rotatable bonds is 5. The van der Waals surface area contributed by atoms with E-state index in [4.69, 9.17) is 8.94 Å². The van der Waals surface area contributed by atoms with E-state index in [1.807, 2.05) is 38.5 Å². The molecule has 0 bridgehead atoms.